The van der Waals surface area contributed by atoms with Crippen LogP contribution < -0.4 is 0 Å². The fourth-order valence-corrected chi connectivity index (χ4v) is 0.753. The Hall–Kier alpha value is -0.510. The Balaban J connectivity index is 3.76. The molecule has 0 rings (SSSR count). The standard InChI is InChI=1S/C6H11NO2S/c1-2-3-6(9)7(4-8)5-10/h4,10H,2-3,5H2,1H3. The number of carbonyl (C=O) groups is 2. The van der Waals surface area contributed by atoms with Crippen LogP contribution in [0.5, 0.6) is 0 Å². The molecule has 0 aliphatic heterocycles. The van der Waals surface area contributed by atoms with Gasteiger partial charge in [0.1, 0.15) is 0 Å². The van der Waals surface area contributed by atoms with E-state index in [4.69, 9.17) is 0 Å². The minimum atomic E-state index is -0.160. The van der Waals surface area contributed by atoms with Gasteiger partial charge in [0.25, 0.3) is 0 Å². The van der Waals surface area contributed by atoms with E-state index < -0.39 is 0 Å². The van der Waals surface area contributed by atoms with Crippen LogP contribution >= 0.6 is 12.6 Å². The number of rotatable bonds is 4. The molecule has 0 saturated heterocycles. The molecule has 0 heterocycles. The zero-order valence-corrected chi connectivity index (χ0v) is 6.80. The number of nitrogens with zero attached hydrogens (tertiary/aromatic N) is 1. The summed E-state index contributed by atoms with van der Waals surface area (Å²) in [4.78, 5) is 22.0. The molecule has 58 valence electrons. The van der Waals surface area contributed by atoms with Gasteiger partial charge in [-0.3, -0.25) is 14.5 Å². The zero-order valence-electron chi connectivity index (χ0n) is 5.91. The third-order valence-corrected chi connectivity index (χ3v) is 1.37. The van der Waals surface area contributed by atoms with Gasteiger partial charge in [-0.2, -0.15) is 12.6 Å². The number of amides is 2. The van der Waals surface area contributed by atoms with E-state index in [1.807, 2.05) is 6.92 Å². The van der Waals surface area contributed by atoms with Crippen molar-refractivity contribution < 1.29 is 9.59 Å². The minimum absolute atomic E-state index is 0.160. The predicted octanol–water partition coefficient (Wildman–Crippen LogP) is 0.659. The van der Waals surface area contributed by atoms with E-state index in [1.165, 1.54) is 0 Å². The minimum Gasteiger partial charge on any atom is -0.278 e. The van der Waals surface area contributed by atoms with Gasteiger partial charge in [-0.15, -0.1) is 0 Å². The fourth-order valence-electron chi connectivity index (χ4n) is 0.528. The Bertz CT molecular complexity index is 127. The first-order chi connectivity index (χ1) is 4.76. The molecule has 4 heteroatoms. The summed E-state index contributed by atoms with van der Waals surface area (Å²) in [5.74, 6) is 0.00926. The largest absolute Gasteiger partial charge is 0.278 e. The molecule has 0 bridgehead atoms. The summed E-state index contributed by atoms with van der Waals surface area (Å²) in [5.41, 5.74) is 0. The smallest absolute Gasteiger partial charge is 0.229 e. The summed E-state index contributed by atoms with van der Waals surface area (Å²) in [7, 11) is 0. The molecule has 0 fully saturated rings. The van der Waals surface area contributed by atoms with Crippen molar-refractivity contribution in [3.8, 4) is 0 Å². The average molecular weight is 161 g/mol. The van der Waals surface area contributed by atoms with E-state index in [0.717, 1.165) is 11.3 Å². The Kier molecular flexibility index (Phi) is 5.02. The summed E-state index contributed by atoms with van der Waals surface area (Å²) in [5, 5.41) is 0. The van der Waals surface area contributed by atoms with Gasteiger partial charge in [-0.1, -0.05) is 6.92 Å². The van der Waals surface area contributed by atoms with E-state index in [-0.39, 0.29) is 11.8 Å². The van der Waals surface area contributed by atoms with Gasteiger partial charge in [0.05, 0.1) is 5.88 Å². The molecule has 0 unspecified atom stereocenters. The molecule has 0 atom stereocenters. The Labute approximate surface area is 65.8 Å². The van der Waals surface area contributed by atoms with Gasteiger partial charge in [0.2, 0.25) is 12.3 Å². The molecule has 0 aromatic rings. The molecule has 0 aromatic carbocycles. The summed E-state index contributed by atoms with van der Waals surface area (Å²) in [6, 6.07) is 0. The molecule has 10 heavy (non-hydrogen) atoms. The van der Waals surface area contributed by atoms with Crippen LogP contribution in [0, 0.1) is 0 Å². The van der Waals surface area contributed by atoms with Gasteiger partial charge in [-0.25, -0.2) is 0 Å². The van der Waals surface area contributed by atoms with Crippen LogP contribution in [0.1, 0.15) is 19.8 Å². The highest BCUT2D eigenvalue weighted by molar-refractivity contribution is 7.80. The maximum atomic E-state index is 10.9. The quantitative estimate of drug-likeness (QED) is 0.373. The topological polar surface area (TPSA) is 37.4 Å². The number of hydrogen-bond acceptors (Lipinski definition) is 3. The highest BCUT2D eigenvalue weighted by Crippen LogP contribution is 1.95. The van der Waals surface area contributed by atoms with Crippen molar-refractivity contribution in [2.24, 2.45) is 0 Å². The third kappa shape index (κ3) is 2.87. The molecule has 0 N–H and O–H groups in total. The lowest BCUT2D eigenvalue weighted by atomic mass is 10.3. The second-order valence-corrected chi connectivity index (χ2v) is 2.14. The van der Waals surface area contributed by atoms with Crippen molar-refractivity contribution in [3.63, 3.8) is 0 Å². The van der Waals surface area contributed by atoms with Crippen LogP contribution in [0.4, 0.5) is 0 Å². The highest BCUT2D eigenvalue weighted by atomic mass is 32.1. The van der Waals surface area contributed by atoms with Crippen LogP contribution in [0.2, 0.25) is 0 Å². The highest BCUT2D eigenvalue weighted by Gasteiger charge is 2.07. The lowest BCUT2D eigenvalue weighted by molar-refractivity contribution is -0.136. The number of thiol groups is 1. The monoisotopic (exact) mass is 161 g/mol. The van der Waals surface area contributed by atoms with E-state index in [0.29, 0.717) is 12.8 Å². The van der Waals surface area contributed by atoms with Crippen LogP contribution in [0.25, 0.3) is 0 Å². The summed E-state index contributed by atoms with van der Waals surface area (Å²) in [6.45, 7) is 1.89. The SMILES string of the molecule is CCCC(=O)N(C=O)CS. The molecule has 0 saturated carbocycles. The molecular weight excluding hydrogens is 150 g/mol. The second kappa shape index (κ2) is 5.29. The second-order valence-electron chi connectivity index (χ2n) is 1.86. The van der Waals surface area contributed by atoms with Crippen molar-refractivity contribution in [1.82, 2.24) is 4.90 Å². The van der Waals surface area contributed by atoms with Crippen molar-refractivity contribution in [3.05, 3.63) is 0 Å². The molecule has 0 aliphatic carbocycles. The molecule has 0 spiro atoms. The molecule has 0 aromatic heterocycles. The van der Waals surface area contributed by atoms with E-state index in [1.54, 1.807) is 0 Å². The van der Waals surface area contributed by atoms with E-state index >= 15 is 0 Å². The van der Waals surface area contributed by atoms with Gasteiger partial charge in [0.15, 0.2) is 0 Å². The maximum Gasteiger partial charge on any atom is 0.229 e. The number of hydrogen-bond donors (Lipinski definition) is 1. The van der Waals surface area contributed by atoms with Gasteiger partial charge in [0, 0.05) is 6.42 Å². The first kappa shape index (κ1) is 9.49. The Morgan fingerprint density at radius 2 is 2.30 bits per heavy atom. The molecule has 2 amide bonds. The Morgan fingerprint density at radius 3 is 2.60 bits per heavy atom. The van der Waals surface area contributed by atoms with Crippen molar-refractivity contribution >= 4 is 24.9 Å². The first-order valence-electron chi connectivity index (χ1n) is 3.11. The van der Waals surface area contributed by atoms with Crippen LogP contribution in [-0.4, -0.2) is 23.1 Å². The zero-order chi connectivity index (χ0) is 7.98. The maximum absolute atomic E-state index is 10.9. The van der Waals surface area contributed by atoms with Crippen molar-refractivity contribution in [2.75, 3.05) is 5.88 Å². The molecule has 0 aliphatic rings. The van der Waals surface area contributed by atoms with E-state index in [2.05, 4.69) is 12.6 Å². The number of imide groups is 1. The normalized spacial score (nSPS) is 9.00. The first-order valence-corrected chi connectivity index (χ1v) is 3.75. The summed E-state index contributed by atoms with van der Waals surface area (Å²) < 4.78 is 0. The average Bonchev–Trinajstić information content (AvgIpc) is 1.91. The van der Waals surface area contributed by atoms with Gasteiger partial charge >= 0.3 is 0 Å². The molecule has 3 nitrogen and oxygen atoms in total. The van der Waals surface area contributed by atoms with Gasteiger partial charge in [-0.05, 0) is 6.42 Å². The molecule has 0 radical (unpaired) electrons. The van der Waals surface area contributed by atoms with Crippen molar-refractivity contribution in [2.45, 2.75) is 19.8 Å². The number of carbonyl (C=O) groups excluding carboxylic acids is 2. The summed E-state index contributed by atoms with van der Waals surface area (Å²) in [6.07, 6.45) is 1.68. The predicted molar refractivity (Wildman–Crippen MR) is 41.7 cm³/mol. The summed E-state index contributed by atoms with van der Waals surface area (Å²) >= 11 is 3.80. The van der Waals surface area contributed by atoms with Gasteiger partial charge < -0.3 is 0 Å². The van der Waals surface area contributed by atoms with Crippen molar-refractivity contribution in [1.29, 1.82) is 0 Å². The molecular formula is C6H11NO2S. The third-order valence-electron chi connectivity index (χ3n) is 1.06. The van der Waals surface area contributed by atoms with Crippen LogP contribution in [0.3, 0.4) is 0 Å². The van der Waals surface area contributed by atoms with Crippen LogP contribution in [-0.2, 0) is 9.59 Å². The Morgan fingerprint density at radius 1 is 1.70 bits per heavy atom. The fraction of sp³-hybridized carbons (Fsp3) is 0.667. The lowest BCUT2D eigenvalue weighted by Crippen LogP contribution is -2.27. The van der Waals surface area contributed by atoms with Crippen LogP contribution in [0.15, 0.2) is 0 Å². The van der Waals surface area contributed by atoms with E-state index in [9.17, 15) is 9.59 Å². The lowest BCUT2D eigenvalue weighted by Gasteiger charge is -2.10.